The Hall–Kier alpha value is -1.10. The van der Waals surface area contributed by atoms with Crippen LogP contribution < -0.4 is 5.32 Å². The number of carbonyl (C=O) groups is 2. The van der Waals surface area contributed by atoms with Crippen molar-refractivity contribution in [2.75, 3.05) is 32.7 Å². The van der Waals surface area contributed by atoms with Crippen molar-refractivity contribution in [2.24, 2.45) is 11.8 Å². The Morgan fingerprint density at radius 3 is 2.76 bits per heavy atom. The van der Waals surface area contributed by atoms with Crippen molar-refractivity contribution in [3.05, 3.63) is 0 Å². The third-order valence-corrected chi connectivity index (χ3v) is 3.75. The Kier molecular flexibility index (Phi) is 3.66. The molecule has 17 heavy (non-hydrogen) atoms. The molecule has 2 unspecified atom stereocenters. The third kappa shape index (κ3) is 2.77. The monoisotopic (exact) mass is 239 g/mol. The molecular formula is C12H21N3O2. The molecule has 0 bridgehead atoms. The molecule has 0 saturated carbocycles. The summed E-state index contributed by atoms with van der Waals surface area (Å²) in [5.74, 6) is 0.324. The zero-order valence-corrected chi connectivity index (χ0v) is 10.6. The number of likely N-dealkylation sites (tertiary alicyclic amines) is 1. The van der Waals surface area contributed by atoms with Gasteiger partial charge >= 0.3 is 6.03 Å². The van der Waals surface area contributed by atoms with Crippen LogP contribution in [0.25, 0.3) is 0 Å². The molecule has 2 rings (SSSR count). The van der Waals surface area contributed by atoms with E-state index in [4.69, 9.17) is 0 Å². The molecule has 5 nitrogen and oxygen atoms in total. The van der Waals surface area contributed by atoms with Crippen molar-refractivity contribution in [1.82, 2.24) is 15.1 Å². The van der Waals surface area contributed by atoms with E-state index >= 15 is 0 Å². The molecule has 1 N–H and O–H groups in total. The van der Waals surface area contributed by atoms with Gasteiger partial charge in [0.05, 0.1) is 5.92 Å². The van der Waals surface area contributed by atoms with Gasteiger partial charge in [0.15, 0.2) is 0 Å². The second kappa shape index (κ2) is 5.04. The van der Waals surface area contributed by atoms with Gasteiger partial charge in [-0.15, -0.1) is 0 Å². The van der Waals surface area contributed by atoms with Gasteiger partial charge in [0, 0.05) is 19.6 Å². The summed E-state index contributed by atoms with van der Waals surface area (Å²) < 4.78 is 0. The Labute approximate surface area is 102 Å². The summed E-state index contributed by atoms with van der Waals surface area (Å²) >= 11 is 0. The Morgan fingerprint density at radius 2 is 2.12 bits per heavy atom. The fourth-order valence-electron chi connectivity index (χ4n) is 2.62. The van der Waals surface area contributed by atoms with Crippen LogP contribution in [-0.2, 0) is 4.79 Å². The van der Waals surface area contributed by atoms with Gasteiger partial charge in [0.25, 0.3) is 0 Å². The number of urea groups is 1. The number of nitrogens with one attached hydrogen (secondary N) is 1. The van der Waals surface area contributed by atoms with E-state index in [1.54, 1.807) is 4.90 Å². The lowest BCUT2D eigenvalue weighted by Crippen LogP contribution is -2.54. The average Bonchev–Trinajstić information content (AvgIpc) is 2.73. The minimum Gasteiger partial charge on any atom is -0.323 e. The van der Waals surface area contributed by atoms with Crippen molar-refractivity contribution in [1.29, 1.82) is 0 Å². The highest BCUT2D eigenvalue weighted by molar-refractivity contribution is 5.97. The first-order valence-corrected chi connectivity index (χ1v) is 6.42. The predicted molar refractivity (Wildman–Crippen MR) is 64.5 cm³/mol. The maximum absolute atomic E-state index is 11.7. The first-order valence-electron chi connectivity index (χ1n) is 6.42. The molecule has 2 atom stereocenters. The van der Waals surface area contributed by atoms with Gasteiger partial charge in [0.2, 0.25) is 5.91 Å². The van der Waals surface area contributed by atoms with E-state index in [1.165, 1.54) is 0 Å². The lowest BCUT2D eigenvalue weighted by Gasteiger charge is -2.32. The second-order valence-electron chi connectivity index (χ2n) is 5.15. The first-order chi connectivity index (χ1) is 8.10. The van der Waals surface area contributed by atoms with Crippen molar-refractivity contribution < 1.29 is 9.59 Å². The van der Waals surface area contributed by atoms with Gasteiger partial charge in [-0.25, -0.2) is 4.79 Å². The number of amides is 3. The van der Waals surface area contributed by atoms with Crippen LogP contribution in [0.5, 0.6) is 0 Å². The number of nitrogens with zero attached hydrogens (tertiary/aromatic N) is 2. The second-order valence-corrected chi connectivity index (χ2v) is 5.15. The molecule has 2 saturated heterocycles. The lowest BCUT2D eigenvalue weighted by atomic mass is 10.1. The van der Waals surface area contributed by atoms with E-state index in [-0.39, 0.29) is 17.9 Å². The van der Waals surface area contributed by atoms with E-state index in [1.807, 2.05) is 6.92 Å². The smallest absolute Gasteiger partial charge is 0.323 e. The van der Waals surface area contributed by atoms with Crippen LogP contribution in [0.4, 0.5) is 4.79 Å². The van der Waals surface area contributed by atoms with Crippen molar-refractivity contribution >= 4 is 11.9 Å². The number of rotatable bonds is 3. The SMILES string of the molecule is CCN1CCC(CN2CC(C)C(=O)NC2=O)C1. The molecule has 0 spiro atoms. The van der Waals surface area contributed by atoms with Crippen LogP contribution in [0.3, 0.4) is 0 Å². The quantitative estimate of drug-likeness (QED) is 0.781. The molecule has 2 aliphatic heterocycles. The number of hydrogen-bond acceptors (Lipinski definition) is 3. The van der Waals surface area contributed by atoms with Gasteiger partial charge in [-0.3, -0.25) is 10.1 Å². The average molecular weight is 239 g/mol. The molecule has 2 fully saturated rings. The van der Waals surface area contributed by atoms with Crippen LogP contribution in [0.1, 0.15) is 20.3 Å². The maximum atomic E-state index is 11.7. The van der Waals surface area contributed by atoms with E-state index in [0.29, 0.717) is 12.5 Å². The van der Waals surface area contributed by atoms with E-state index < -0.39 is 0 Å². The largest absolute Gasteiger partial charge is 0.324 e. The molecule has 2 aliphatic rings. The third-order valence-electron chi connectivity index (χ3n) is 3.75. The first kappa shape index (κ1) is 12.4. The Bertz CT molecular complexity index is 319. The number of hydrogen-bond donors (Lipinski definition) is 1. The molecule has 0 aromatic rings. The molecule has 3 amide bonds. The summed E-state index contributed by atoms with van der Waals surface area (Å²) in [4.78, 5) is 27.2. The van der Waals surface area contributed by atoms with Crippen LogP contribution in [-0.4, -0.2) is 54.5 Å². The van der Waals surface area contributed by atoms with Gasteiger partial charge in [-0.2, -0.15) is 0 Å². The highest BCUT2D eigenvalue weighted by Gasteiger charge is 2.32. The van der Waals surface area contributed by atoms with Crippen molar-refractivity contribution in [2.45, 2.75) is 20.3 Å². The van der Waals surface area contributed by atoms with E-state index in [0.717, 1.165) is 32.6 Å². The molecule has 0 aromatic carbocycles. The van der Waals surface area contributed by atoms with Crippen LogP contribution in [0, 0.1) is 11.8 Å². The van der Waals surface area contributed by atoms with Gasteiger partial charge < -0.3 is 9.80 Å². The fourth-order valence-corrected chi connectivity index (χ4v) is 2.62. The number of carbonyl (C=O) groups excluding carboxylic acids is 2. The predicted octanol–water partition coefficient (Wildman–Crippen LogP) is 0.516. The fraction of sp³-hybridized carbons (Fsp3) is 0.833. The molecular weight excluding hydrogens is 218 g/mol. The zero-order valence-electron chi connectivity index (χ0n) is 10.6. The Morgan fingerprint density at radius 1 is 1.35 bits per heavy atom. The summed E-state index contributed by atoms with van der Waals surface area (Å²) in [6.07, 6.45) is 1.15. The standard InChI is InChI=1S/C12H21N3O2/c1-3-14-5-4-10(7-14)8-15-6-9(2)11(16)13-12(15)17/h9-10H,3-8H2,1-2H3,(H,13,16,17). The zero-order chi connectivity index (χ0) is 12.4. The summed E-state index contributed by atoms with van der Waals surface area (Å²) in [5.41, 5.74) is 0. The highest BCUT2D eigenvalue weighted by atomic mass is 16.2. The molecule has 0 aliphatic carbocycles. The van der Waals surface area contributed by atoms with Gasteiger partial charge in [-0.1, -0.05) is 13.8 Å². The van der Waals surface area contributed by atoms with Crippen LogP contribution in [0.2, 0.25) is 0 Å². The van der Waals surface area contributed by atoms with Crippen LogP contribution in [0.15, 0.2) is 0 Å². The molecule has 0 radical (unpaired) electrons. The molecule has 2 heterocycles. The molecule has 5 heteroatoms. The summed E-state index contributed by atoms with van der Waals surface area (Å²) in [6, 6.07) is -0.219. The van der Waals surface area contributed by atoms with E-state index in [9.17, 15) is 9.59 Å². The van der Waals surface area contributed by atoms with E-state index in [2.05, 4.69) is 17.1 Å². The van der Waals surface area contributed by atoms with Crippen LogP contribution >= 0.6 is 0 Å². The minimum atomic E-state index is -0.219. The molecule has 96 valence electrons. The van der Waals surface area contributed by atoms with Gasteiger partial charge in [0.1, 0.15) is 0 Å². The van der Waals surface area contributed by atoms with Gasteiger partial charge in [-0.05, 0) is 25.4 Å². The normalized spacial score (nSPS) is 30.8. The summed E-state index contributed by atoms with van der Waals surface area (Å²) in [7, 11) is 0. The lowest BCUT2D eigenvalue weighted by molar-refractivity contribution is -0.125. The minimum absolute atomic E-state index is 0.0867. The topological polar surface area (TPSA) is 52.6 Å². The highest BCUT2D eigenvalue weighted by Crippen LogP contribution is 2.19. The summed E-state index contributed by atoms with van der Waals surface area (Å²) in [5, 5.41) is 2.41. The molecule has 0 aromatic heterocycles. The Balaban J connectivity index is 1.86. The number of imide groups is 1. The van der Waals surface area contributed by atoms with Crippen molar-refractivity contribution in [3.63, 3.8) is 0 Å². The maximum Gasteiger partial charge on any atom is 0.324 e. The van der Waals surface area contributed by atoms with Crippen molar-refractivity contribution in [3.8, 4) is 0 Å². The summed E-state index contributed by atoms with van der Waals surface area (Å²) in [6.45, 7) is 8.65.